The van der Waals surface area contributed by atoms with Gasteiger partial charge in [0.2, 0.25) is 0 Å². The van der Waals surface area contributed by atoms with Crippen LogP contribution in [0, 0.1) is 0 Å². The van der Waals surface area contributed by atoms with E-state index in [2.05, 4.69) is 4.72 Å². The minimum atomic E-state index is -6.25. The number of aliphatic hydroxyl groups is 1. The Morgan fingerprint density at radius 3 is 1.97 bits per heavy atom. The third-order valence-electron chi connectivity index (χ3n) is 5.72. The number of rotatable bonds is 8. The standard InChI is InChI=1S/C24H23NO9P2S/c26-24(35(27,28)29,36(30,31)32)16-17-5-3-8-19(13-17)20-9-4-10-22(14-20)25-37(33,34)23-12-11-18-6-1-2-7-21(18)15-23/h1-15,25-26H,16H2,(H2,27,28,29)(H2,30,31,32)/p-4. The second-order valence-electron chi connectivity index (χ2n) is 8.34. The number of anilines is 1. The highest BCUT2D eigenvalue weighted by atomic mass is 32.2. The molecule has 0 radical (unpaired) electrons. The molecule has 0 aliphatic heterocycles. The van der Waals surface area contributed by atoms with Crippen molar-refractivity contribution in [1.29, 1.82) is 0 Å². The minimum absolute atomic E-state index is 0.0530. The van der Waals surface area contributed by atoms with Gasteiger partial charge < -0.3 is 33.8 Å². The van der Waals surface area contributed by atoms with Crippen LogP contribution in [-0.2, 0) is 25.6 Å². The predicted molar refractivity (Wildman–Crippen MR) is 131 cm³/mol. The van der Waals surface area contributed by atoms with E-state index in [9.17, 15) is 42.2 Å². The summed E-state index contributed by atoms with van der Waals surface area (Å²) >= 11 is 0. The first kappa shape index (κ1) is 27.2. The zero-order chi connectivity index (χ0) is 27.1. The highest BCUT2D eigenvalue weighted by Gasteiger charge is 2.35. The van der Waals surface area contributed by atoms with Gasteiger partial charge in [-0.05, 0) is 66.9 Å². The molecule has 0 spiro atoms. The average molecular weight is 559 g/mol. The van der Waals surface area contributed by atoms with Crippen LogP contribution in [0.5, 0.6) is 0 Å². The van der Waals surface area contributed by atoms with Crippen molar-refractivity contribution < 1.29 is 42.2 Å². The summed E-state index contributed by atoms with van der Waals surface area (Å²) in [5.74, 6) is 0. The fourth-order valence-corrected chi connectivity index (χ4v) is 6.83. The molecule has 0 heterocycles. The Morgan fingerprint density at radius 1 is 0.730 bits per heavy atom. The molecule has 0 unspecified atom stereocenters. The summed E-state index contributed by atoms with van der Waals surface area (Å²) in [6.45, 7) is 0. The molecule has 10 nitrogen and oxygen atoms in total. The van der Waals surface area contributed by atoms with Crippen LogP contribution < -0.4 is 24.3 Å². The number of hydrogen-bond donors (Lipinski definition) is 2. The monoisotopic (exact) mass is 559 g/mol. The smallest absolute Gasteiger partial charge is 0.261 e. The molecular formula is C24H19NO9P2S-4. The quantitative estimate of drug-likeness (QED) is 0.300. The molecule has 0 atom stereocenters. The lowest BCUT2D eigenvalue weighted by atomic mass is 10.0. The molecule has 0 amide bonds. The zero-order valence-corrected chi connectivity index (χ0v) is 21.5. The molecule has 0 saturated heterocycles. The van der Waals surface area contributed by atoms with Crippen molar-refractivity contribution in [1.82, 2.24) is 0 Å². The molecule has 4 aromatic carbocycles. The van der Waals surface area contributed by atoms with Crippen LogP contribution >= 0.6 is 15.2 Å². The van der Waals surface area contributed by atoms with E-state index >= 15 is 0 Å². The topological polar surface area (TPSA) is 193 Å². The first-order valence-corrected chi connectivity index (χ1v) is 15.2. The molecule has 194 valence electrons. The van der Waals surface area contributed by atoms with Crippen LogP contribution in [0.2, 0.25) is 0 Å². The number of hydrogen-bond acceptors (Lipinski definition) is 9. The van der Waals surface area contributed by atoms with Crippen LogP contribution in [0.25, 0.3) is 21.9 Å². The van der Waals surface area contributed by atoms with Crippen molar-refractivity contribution in [2.24, 2.45) is 0 Å². The van der Waals surface area contributed by atoms with Gasteiger partial charge in [-0.1, -0.05) is 66.7 Å². The number of nitrogens with one attached hydrogen (secondary N) is 1. The normalized spacial score (nSPS) is 13.0. The van der Waals surface area contributed by atoms with Crippen LogP contribution in [0.15, 0.2) is 95.9 Å². The summed E-state index contributed by atoms with van der Waals surface area (Å²) in [5.41, 5.74) is 0.926. The van der Waals surface area contributed by atoms with Crippen molar-refractivity contribution >= 4 is 41.7 Å². The van der Waals surface area contributed by atoms with Gasteiger partial charge in [0.1, 0.15) is 5.08 Å². The average Bonchev–Trinajstić information content (AvgIpc) is 2.82. The van der Waals surface area contributed by atoms with Crippen LogP contribution in [0.3, 0.4) is 0 Å². The predicted octanol–water partition coefficient (Wildman–Crippen LogP) is 1.32. The van der Waals surface area contributed by atoms with Gasteiger partial charge in [0.05, 0.1) is 4.90 Å². The number of sulfonamides is 1. The highest BCUT2D eigenvalue weighted by molar-refractivity contribution is 7.92. The van der Waals surface area contributed by atoms with Gasteiger partial charge in [0.25, 0.3) is 10.0 Å². The van der Waals surface area contributed by atoms with Crippen LogP contribution in [-0.4, -0.2) is 18.6 Å². The van der Waals surface area contributed by atoms with Crippen LogP contribution in [0.1, 0.15) is 5.56 Å². The van der Waals surface area contributed by atoms with E-state index in [1.807, 2.05) is 12.1 Å². The Morgan fingerprint density at radius 2 is 1.32 bits per heavy atom. The summed E-state index contributed by atoms with van der Waals surface area (Å²) in [6, 6.07) is 23.7. The lowest BCUT2D eigenvalue weighted by Crippen LogP contribution is -2.47. The second kappa shape index (κ2) is 9.79. The third-order valence-corrected chi connectivity index (χ3v) is 10.6. The SMILES string of the molecule is O=P([O-])([O-])C(O)(Cc1cccc(-c2cccc(NS(=O)(=O)c3ccc4ccccc4c3)c2)c1)P(=O)([O-])[O-]. The molecule has 0 aliphatic carbocycles. The molecule has 13 heteroatoms. The maximum Gasteiger partial charge on any atom is 0.261 e. The van der Waals surface area contributed by atoms with Gasteiger partial charge in [-0.25, -0.2) is 8.42 Å². The number of benzene rings is 4. The summed E-state index contributed by atoms with van der Waals surface area (Å²) in [4.78, 5) is 45.7. The fourth-order valence-electron chi connectivity index (χ4n) is 3.79. The largest absolute Gasteiger partial charge is 0.808 e. The lowest BCUT2D eigenvalue weighted by Gasteiger charge is -2.56. The van der Waals surface area contributed by atoms with E-state index in [1.165, 1.54) is 36.4 Å². The number of fused-ring (bicyclic) bond motifs is 1. The van der Waals surface area contributed by atoms with E-state index < -0.39 is 36.7 Å². The molecule has 0 fully saturated rings. The van der Waals surface area contributed by atoms with Gasteiger partial charge in [-0.3, -0.25) is 4.72 Å². The third kappa shape index (κ3) is 5.70. The second-order valence-corrected chi connectivity index (χ2v) is 13.8. The van der Waals surface area contributed by atoms with Gasteiger partial charge in [-0.15, -0.1) is 0 Å². The van der Waals surface area contributed by atoms with Gasteiger partial charge in [-0.2, -0.15) is 0 Å². The van der Waals surface area contributed by atoms with Gasteiger partial charge >= 0.3 is 0 Å². The van der Waals surface area contributed by atoms with Gasteiger partial charge in [0.15, 0.2) is 0 Å². The van der Waals surface area contributed by atoms with E-state index in [-0.39, 0.29) is 16.1 Å². The van der Waals surface area contributed by atoms with E-state index in [0.29, 0.717) is 11.1 Å². The molecular weight excluding hydrogens is 540 g/mol. The molecule has 0 aromatic heterocycles. The Labute approximate surface area is 212 Å². The summed E-state index contributed by atoms with van der Waals surface area (Å²) < 4.78 is 51.3. The molecule has 0 bridgehead atoms. The minimum Gasteiger partial charge on any atom is -0.808 e. The summed E-state index contributed by atoms with van der Waals surface area (Å²) in [5, 5.41) is 7.59. The maximum atomic E-state index is 13.0. The summed E-state index contributed by atoms with van der Waals surface area (Å²) in [7, 11) is -16.4. The first-order valence-electron chi connectivity index (χ1n) is 10.7. The summed E-state index contributed by atoms with van der Waals surface area (Å²) in [6.07, 6.45) is -1.26. The van der Waals surface area contributed by atoms with Crippen molar-refractivity contribution in [3.8, 4) is 11.1 Å². The molecule has 4 rings (SSSR count). The van der Waals surface area contributed by atoms with Crippen molar-refractivity contribution in [3.63, 3.8) is 0 Å². The van der Waals surface area contributed by atoms with E-state index in [0.717, 1.165) is 10.8 Å². The first-order chi connectivity index (χ1) is 17.2. The Hall–Kier alpha value is -2.85. The maximum absolute atomic E-state index is 13.0. The Balaban J connectivity index is 1.63. The zero-order valence-electron chi connectivity index (χ0n) is 18.9. The van der Waals surface area contributed by atoms with Crippen molar-refractivity contribution in [3.05, 3.63) is 96.6 Å². The van der Waals surface area contributed by atoms with E-state index in [1.54, 1.807) is 42.5 Å². The van der Waals surface area contributed by atoms with Crippen molar-refractivity contribution in [2.45, 2.75) is 16.4 Å². The van der Waals surface area contributed by atoms with Crippen LogP contribution in [0.4, 0.5) is 5.69 Å². The Bertz CT molecular complexity index is 1660. The van der Waals surface area contributed by atoms with Gasteiger partial charge in [0, 0.05) is 12.1 Å². The van der Waals surface area contributed by atoms with Crippen molar-refractivity contribution in [2.75, 3.05) is 4.72 Å². The molecule has 37 heavy (non-hydrogen) atoms. The molecule has 4 aromatic rings. The lowest BCUT2D eigenvalue weighted by molar-refractivity contribution is -0.348. The molecule has 2 N–H and O–H groups in total. The fraction of sp³-hybridized carbons (Fsp3) is 0.0833. The highest BCUT2D eigenvalue weighted by Crippen LogP contribution is 2.60. The Kier molecular flexibility index (Phi) is 7.20. The molecule has 0 aliphatic rings. The molecule has 0 saturated carbocycles. The van der Waals surface area contributed by atoms with E-state index in [4.69, 9.17) is 0 Å².